The molecule has 1 aliphatic carbocycles. The Balaban J connectivity index is 2.00. The van der Waals surface area contributed by atoms with Crippen LogP contribution in [0.5, 0.6) is 0 Å². The molecule has 2 aromatic carbocycles. The van der Waals surface area contributed by atoms with Gasteiger partial charge in [0, 0.05) is 18.2 Å². The van der Waals surface area contributed by atoms with Gasteiger partial charge in [0.05, 0.1) is 18.3 Å². The average molecular weight is 366 g/mol. The van der Waals surface area contributed by atoms with Crippen molar-refractivity contribution in [2.45, 2.75) is 44.6 Å². The molecule has 0 heterocycles. The van der Waals surface area contributed by atoms with Crippen molar-refractivity contribution in [3.8, 4) is 0 Å². The van der Waals surface area contributed by atoms with E-state index in [2.05, 4.69) is 26.8 Å². The molecule has 1 atom stereocenters. The first-order valence-corrected chi connectivity index (χ1v) is 9.15. The smallest absolute Gasteiger partial charge is 0.337 e. The molecule has 0 fully saturated rings. The van der Waals surface area contributed by atoms with E-state index in [1.807, 2.05) is 12.1 Å². The Labute approximate surface area is 160 Å². The van der Waals surface area contributed by atoms with Crippen molar-refractivity contribution in [2.75, 3.05) is 14.2 Å². The Morgan fingerprint density at radius 2 is 1.41 bits per heavy atom. The molecule has 0 aromatic heterocycles. The van der Waals surface area contributed by atoms with Crippen LogP contribution >= 0.6 is 0 Å². The van der Waals surface area contributed by atoms with Gasteiger partial charge in [0.25, 0.3) is 0 Å². The number of methoxy groups -OCH3 is 2. The maximum atomic E-state index is 13.0. The van der Waals surface area contributed by atoms with Gasteiger partial charge in [-0.05, 0) is 54.5 Å². The lowest BCUT2D eigenvalue weighted by Gasteiger charge is -2.42. The predicted octanol–water partition coefficient (Wildman–Crippen LogP) is 4.64. The van der Waals surface area contributed by atoms with Crippen LogP contribution in [0.25, 0.3) is 0 Å². The number of ketones is 1. The van der Waals surface area contributed by atoms with Gasteiger partial charge in [0.2, 0.25) is 0 Å². The van der Waals surface area contributed by atoms with Crippen molar-refractivity contribution >= 4 is 11.8 Å². The SMILES string of the molecule is COC(=O)c1ccc(C(=O)c2ccc3c(c2)C(C)(OC)CCC3(C)C)cc1. The van der Waals surface area contributed by atoms with Crippen molar-refractivity contribution in [1.29, 1.82) is 0 Å². The van der Waals surface area contributed by atoms with Crippen molar-refractivity contribution in [2.24, 2.45) is 0 Å². The molecule has 142 valence electrons. The van der Waals surface area contributed by atoms with Crippen molar-refractivity contribution in [1.82, 2.24) is 0 Å². The highest BCUT2D eigenvalue weighted by atomic mass is 16.5. The van der Waals surface area contributed by atoms with Crippen LogP contribution in [0.2, 0.25) is 0 Å². The molecule has 0 amide bonds. The summed E-state index contributed by atoms with van der Waals surface area (Å²) in [6.07, 6.45) is 1.95. The van der Waals surface area contributed by atoms with E-state index in [4.69, 9.17) is 9.47 Å². The summed E-state index contributed by atoms with van der Waals surface area (Å²) in [6.45, 7) is 6.54. The number of rotatable bonds is 4. The first-order chi connectivity index (χ1) is 12.7. The molecular weight excluding hydrogens is 340 g/mol. The molecule has 0 saturated heterocycles. The number of esters is 1. The van der Waals surface area contributed by atoms with Gasteiger partial charge < -0.3 is 9.47 Å². The van der Waals surface area contributed by atoms with Crippen molar-refractivity contribution in [3.05, 3.63) is 70.3 Å². The fourth-order valence-corrected chi connectivity index (χ4v) is 3.79. The van der Waals surface area contributed by atoms with Gasteiger partial charge in [0.15, 0.2) is 5.78 Å². The van der Waals surface area contributed by atoms with Crippen LogP contribution in [0.3, 0.4) is 0 Å². The summed E-state index contributed by atoms with van der Waals surface area (Å²) in [5.74, 6) is -0.489. The minimum atomic E-state index is -0.416. The topological polar surface area (TPSA) is 52.6 Å². The first-order valence-electron chi connectivity index (χ1n) is 9.15. The number of benzene rings is 2. The van der Waals surface area contributed by atoms with E-state index >= 15 is 0 Å². The lowest BCUT2D eigenvalue weighted by atomic mass is 9.67. The number of ether oxygens (including phenoxy) is 2. The van der Waals surface area contributed by atoms with Gasteiger partial charge in [-0.25, -0.2) is 4.79 Å². The lowest BCUT2D eigenvalue weighted by Crippen LogP contribution is -2.37. The zero-order valence-electron chi connectivity index (χ0n) is 16.6. The van der Waals surface area contributed by atoms with Gasteiger partial charge in [-0.15, -0.1) is 0 Å². The monoisotopic (exact) mass is 366 g/mol. The molecule has 0 radical (unpaired) electrons. The van der Waals surface area contributed by atoms with E-state index in [0.717, 1.165) is 18.4 Å². The van der Waals surface area contributed by atoms with Crippen LogP contribution < -0.4 is 0 Å². The second kappa shape index (κ2) is 6.93. The highest BCUT2D eigenvalue weighted by Gasteiger charge is 2.40. The predicted molar refractivity (Wildman–Crippen MR) is 104 cm³/mol. The summed E-state index contributed by atoms with van der Waals surface area (Å²) in [7, 11) is 3.06. The van der Waals surface area contributed by atoms with E-state index in [-0.39, 0.29) is 11.2 Å². The molecule has 0 aliphatic heterocycles. The zero-order chi connectivity index (χ0) is 19.8. The van der Waals surface area contributed by atoms with Crippen LogP contribution in [0.15, 0.2) is 42.5 Å². The fourth-order valence-electron chi connectivity index (χ4n) is 3.79. The Hall–Kier alpha value is -2.46. The highest BCUT2D eigenvalue weighted by Crippen LogP contribution is 2.46. The van der Waals surface area contributed by atoms with Crippen LogP contribution in [0, 0.1) is 0 Å². The minimum absolute atomic E-state index is 0.0527. The summed E-state index contributed by atoms with van der Waals surface area (Å²) in [6, 6.07) is 12.5. The normalized spacial score (nSPS) is 20.6. The van der Waals surface area contributed by atoms with Crippen LogP contribution in [0.4, 0.5) is 0 Å². The van der Waals surface area contributed by atoms with E-state index in [1.54, 1.807) is 31.4 Å². The van der Waals surface area contributed by atoms with Crippen LogP contribution in [-0.4, -0.2) is 26.0 Å². The van der Waals surface area contributed by atoms with Crippen molar-refractivity contribution in [3.63, 3.8) is 0 Å². The largest absolute Gasteiger partial charge is 0.465 e. The third-order valence-corrected chi connectivity index (χ3v) is 5.83. The van der Waals surface area contributed by atoms with E-state index in [1.165, 1.54) is 12.7 Å². The zero-order valence-corrected chi connectivity index (χ0v) is 16.6. The minimum Gasteiger partial charge on any atom is -0.465 e. The third kappa shape index (κ3) is 3.42. The third-order valence-electron chi connectivity index (χ3n) is 5.83. The first kappa shape index (κ1) is 19.3. The standard InChI is InChI=1S/C23H26O4/c1-22(2)12-13-23(3,27-5)19-14-17(10-11-18(19)22)20(24)15-6-8-16(9-7-15)21(25)26-4/h6-11,14H,12-13H2,1-5H3. The Morgan fingerprint density at radius 3 is 2.00 bits per heavy atom. The number of carbonyl (C=O) groups is 2. The molecule has 27 heavy (non-hydrogen) atoms. The van der Waals surface area contributed by atoms with Crippen molar-refractivity contribution < 1.29 is 19.1 Å². The summed E-state index contributed by atoms with van der Waals surface area (Å²) < 4.78 is 10.5. The van der Waals surface area contributed by atoms with E-state index in [0.29, 0.717) is 16.7 Å². The molecule has 1 unspecified atom stereocenters. The highest BCUT2D eigenvalue weighted by molar-refractivity contribution is 6.09. The number of hydrogen-bond acceptors (Lipinski definition) is 4. The second-order valence-corrected chi connectivity index (χ2v) is 7.98. The van der Waals surface area contributed by atoms with Gasteiger partial charge in [-0.1, -0.05) is 38.1 Å². The molecule has 4 heteroatoms. The maximum Gasteiger partial charge on any atom is 0.337 e. The summed E-state index contributed by atoms with van der Waals surface area (Å²) in [5.41, 5.74) is 3.56. The molecule has 1 aliphatic rings. The van der Waals surface area contributed by atoms with E-state index < -0.39 is 11.6 Å². The number of carbonyl (C=O) groups excluding carboxylic acids is 2. The summed E-state index contributed by atoms with van der Waals surface area (Å²) in [5, 5.41) is 0. The Bertz CT molecular complexity index is 880. The molecule has 0 N–H and O–H groups in total. The van der Waals surface area contributed by atoms with Gasteiger partial charge in [-0.3, -0.25) is 4.79 Å². The number of fused-ring (bicyclic) bond motifs is 1. The fraction of sp³-hybridized carbons (Fsp3) is 0.391. The molecule has 0 bridgehead atoms. The van der Waals surface area contributed by atoms with Gasteiger partial charge in [0.1, 0.15) is 0 Å². The van der Waals surface area contributed by atoms with Crippen LogP contribution in [0.1, 0.15) is 71.0 Å². The summed E-state index contributed by atoms with van der Waals surface area (Å²) in [4.78, 5) is 24.6. The molecular formula is C23H26O4. The second-order valence-electron chi connectivity index (χ2n) is 7.98. The maximum absolute atomic E-state index is 13.0. The van der Waals surface area contributed by atoms with E-state index in [9.17, 15) is 9.59 Å². The molecule has 2 aromatic rings. The average Bonchev–Trinajstić information content (AvgIpc) is 2.70. The number of hydrogen-bond donors (Lipinski definition) is 0. The molecule has 3 rings (SSSR count). The van der Waals surface area contributed by atoms with Gasteiger partial charge in [-0.2, -0.15) is 0 Å². The molecule has 4 nitrogen and oxygen atoms in total. The Morgan fingerprint density at radius 1 is 0.815 bits per heavy atom. The quantitative estimate of drug-likeness (QED) is 0.584. The van der Waals surface area contributed by atoms with Crippen LogP contribution in [-0.2, 0) is 20.5 Å². The summed E-state index contributed by atoms with van der Waals surface area (Å²) >= 11 is 0. The Kier molecular flexibility index (Phi) is 4.96. The molecule has 0 spiro atoms. The van der Waals surface area contributed by atoms with Gasteiger partial charge >= 0.3 is 5.97 Å². The lowest BCUT2D eigenvalue weighted by molar-refractivity contribution is -0.0202. The molecule has 0 saturated carbocycles.